The fraction of sp³-hybridized carbons (Fsp3) is 0.458. The molecule has 2 aromatic rings. The second-order valence-electron chi connectivity index (χ2n) is 8.55. The largest absolute Gasteiger partial charge is 0.494 e. The summed E-state index contributed by atoms with van der Waals surface area (Å²) in [5.74, 6) is 1.65. The molecule has 1 saturated carbocycles. The smallest absolute Gasteiger partial charge is 0.228 e. The number of hydrogen-bond donors (Lipinski definition) is 1. The molecular formula is C24H28ClN3O2. The van der Waals surface area contributed by atoms with E-state index in [4.69, 9.17) is 16.3 Å². The number of carbonyl (C=O) groups excluding carboxylic acids is 1. The zero-order valence-corrected chi connectivity index (χ0v) is 17.9. The van der Waals surface area contributed by atoms with Crippen LogP contribution in [0.25, 0.3) is 0 Å². The van der Waals surface area contributed by atoms with Gasteiger partial charge in [-0.1, -0.05) is 23.7 Å². The van der Waals surface area contributed by atoms with Crippen LogP contribution in [-0.4, -0.2) is 50.1 Å². The molecule has 1 saturated heterocycles. The average molecular weight is 426 g/mol. The summed E-state index contributed by atoms with van der Waals surface area (Å²) in [5, 5.41) is 3.82. The summed E-state index contributed by atoms with van der Waals surface area (Å²) in [6.07, 6.45) is 3.15. The summed E-state index contributed by atoms with van der Waals surface area (Å²) in [4.78, 5) is 16.8. The molecule has 2 aromatic carbocycles. The standard InChI is InChI=1S/C24H28ClN3O2/c25-17-4-3-5-18(14-17)28-11-9-27(10-12-28)8-1-2-13-30-19-6-7-20-21-16-22(21)24(29)26-23(20)15-19/h3-7,14-15,21-22H,1-2,8-13,16H2,(H,26,29). The van der Waals surface area contributed by atoms with E-state index < -0.39 is 0 Å². The van der Waals surface area contributed by atoms with Crippen molar-refractivity contribution in [3.63, 3.8) is 0 Å². The molecule has 2 heterocycles. The number of piperazine rings is 1. The first-order chi connectivity index (χ1) is 14.7. The van der Waals surface area contributed by atoms with Crippen molar-refractivity contribution in [2.45, 2.75) is 25.2 Å². The normalized spacial score (nSPS) is 22.8. The van der Waals surface area contributed by atoms with Gasteiger partial charge in [0.1, 0.15) is 5.75 Å². The molecule has 0 bridgehead atoms. The lowest BCUT2D eigenvalue weighted by molar-refractivity contribution is -0.117. The Bertz CT molecular complexity index is 926. The molecule has 158 valence electrons. The molecule has 30 heavy (non-hydrogen) atoms. The van der Waals surface area contributed by atoms with E-state index in [9.17, 15) is 4.79 Å². The van der Waals surface area contributed by atoms with Gasteiger partial charge in [-0.25, -0.2) is 0 Å². The lowest BCUT2D eigenvalue weighted by atomic mass is 10.0. The molecule has 2 aliphatic heterocycles. The highest BCUT2D eigenvalue weighted by molar-refractivity contribution is 6.30. The molecule has 1 amide bonds. The number of benzene rings is 2. The van der Waals surface area contributed by atoms with Crippen LogP contribution in [0.15, 0.2) is 42.5 Å². The summed E-state index contributed by atoms with van der Waals surface area (Å²) in [6.45, 7) is 6.07. The number of fused-ring (bicyclic) bond motifs is 3. The molecule has 0 radical (unpaired) electrons. The minimum absolute atomic E-state index is 0.167. The number of rotatable bonds is 7. The van der Waals surface area contributed by atoms with Gasteiger partial charge in [0, 0.05) is 54.6 Å². The second-order valence-corrected chi connectivity index (χ2v) is 8.99. The van der Waals surface area contributed by atoms with Crippen molar-refractivity contribution in [1.29, 1.82) is 0 Å². The Morgan fingerprint density at radius 2 is 1.90 bits per heavy atom. The Balaban J connectivity index is 1.01. The van der Waals surface area contributed by atoms with E-state index in [-0.39, 0.29) is 11.8 Å². The summed E-state index contributed by atoms with van der Waals surface area (Å²) in [7, 11) is 0. The molecule has 2 fully saturated rings. The fourth-order valence-electron chi connectivity index (χ4n) is 4.64. The monoisotopic (exact) mass is 425 g/mol. The van der Waals surface area contributed by atoms with Crippen LogP contribution in [0.5, 0.6) is 5.75 Å². The zero-order valence-electron chi connectivity index (χ0n) is 17.1. The van der Waals surface area contributed by atoms with Crippen LogP contribution in [0.2, 0.25) is 5.02 Å². The Labute approximate surface area is 182 Å². The number of hydrogen-bond acceptors (Lipinski definition) is 4. The van der Waals surface area contributed by atoms with Crippen molar-refractivity contribution < 1.29 is 9.53 Å². The lowest BCUT2D eigenvalue weighted by Crippen LogP contribution is -2.46. The van der Waals surface area contributed by atoms with E-state index in [0.29, 0.717) is 12.5 Å². The molecule has 0 aromatic heterocycles. The first-order valence-corrected chi connectivity index (χ1v) is 11.4. The van der Waals surface area contributed by atoms with Crippen molar-refractivity contribution in [3.8, 4) is 5.75 Å². The second kappa shape index (κ2) is 8.48. The molecule has 0 spiro atoms. The van der Waals surface area contributed by atoms with E-state index in [0.717, 1.165) is 68.4 Å². The van der Waals surface area contributed by atoms with E-state index >= 15 is 0 Å². The number of amides is 1. The van der Waals surface area contributed by atoms with E-state index in [1.54, 1.807) is 0 Å². The average Bonchev–Trinajstić information content (AvgIpc) is 3.56. The third-order valence-electron chi connectivity index (χ3n) is 6.49. The summed E-state index contributed by atoms with van der Waals surface area (Å²) >= 11 is 6.12. The minimum atomic E-state index is 0.167. The van der Waals surface area contributed by atoms with Gasteiger partial charge in [-0.3, -0.25) is 9.69 Å². The minimum Gasteiger partial charge on any atom is -0.494 e. The van der Waals surface area contributed by atoms with Gasteiger partial charge in [0.25, 0.3) is 0 Å². The molecule has 3 aliphatic rings. The van der Waals surface area contributed by atoms with Gasteiger partial charge in [-0.2, -0.15) is 0 Å². The predicted octanol–water partition coefficient (Wildman–Crippen LogP) is 4.38. The Kier molecular flexibility index (Phi) is 5.57. The third-order valence-corrected chi connectivity index (χ3v) is 6.73. The van der Waals surface area contributed by atoms with Crippen LogP contribution >= 0.6 is 11.6 Å². The number of nitrogens with one attached hydrogen (secondary N) is 1. The van der Waals surface area contributed by atoms with Crippen LogP contribution in [0, 0.1) is 5.92 Å². The van der Waals surface area contributed by atoms with Gasteiger partial charge < -0.3 is 15.0 Å². The summed E-state index contributed by atoms with van der Waals surface area (Å²) in [6, 6.07) is 14.3. The van der Waals surface area contributed by atoms with Crippen molar-refractivity contribution in [2.24, 2.45) is 5.92 Å². The number of anilines is 2. The van der Waals surface area contributed by atoms with Crippen LogP contribution in [-0.2, 0) is 4.79 Å². The molecule has 1 aliphatic carbocycles. The van der Waals surface area contributed by atoms with Crippen molar-refractivity contribution in [3.05, 3.63) is 53.1 Å². The number of unbranched alkanes of at least 4 members (excludes halogenated alkanes) is 1. The van der Waals surface area contributed by atoms with Gasteiger partial charge in [-0.05, 0) is 61.6 Å². The molecule has 1 N–H and O–H groups in total. The first kappa shape index (κ1) is 19.7. The Hall–Kier alpha value is -2.24. The maximum atomic E-state index is 11.9. The highest BCUT2D eigenvalue weighted by Gasteiger charge is 2.48. The van der Waals surface area contributed by atoms with E-state index in [2.05, 4.69) is 27.2 Å². The van der Waals surface area contributed by atoms with Crippen LogP contribution < -0.4 is 15.0 Å². The van der Waals surface area contributed by atoms with Crippen LogP contribution in [0.4, 0.5) is 11.4 Å². The van der Waals surface area contributed by atoms with E-state index in [1.165, 1.54) is 11.3 Å². The van der Waals surface area contributed by atoms with Crippen LogP contribution in [0.1, 0.15) is 30.7 Å². The van der Waals surface area contributed by atoms with Gasteiger partial charge >= 0.3 is 0 Å². The summed E-state index contributed by atoms with van der Waals surface area (Å²) in [5.41, 5.74) is 3.42. The van der Waals surface area contributed by atoms with E-state index in [1.807, 2.05) is 30.3 Å². The number of ether oxygens (including phenoxy) is 1. The molecular weight excluding hydrogens is 398 g/mol. The van der Waals surface area contributed by atoms with Crippen molar-refractivity contribution in [2.75, 3.05) is 49.5 Å². The third kappa shape index (κ3) is 4.28. The highest BCUT2D eigenvalue weighted by Crippen LogP contribution is 2.53. The highest BCUT2D eigenvalue weighted by atomic mass is 35.5. The quantitative estimate of drug-likeness (QED) is 0.669. The SMILES string of the molecule is O=C1Nc2cc(OCCCCN3CCN(c4cccc(Cl)c4)CC3)ccc2C2CC12. The molecule has 5 rings (SSSR count). The molecule has 6 heteroatoms. The Morgan fingerprint density at radius 1 is 1.03 bits per heavy atom. The zero-order chi connectivity index (χ0) is 20.5. The van der Waals surface area contributed by atoms with Gasteiger partial charge in [-0.15, -0.1) is 0 Å². The maximum absolute atomic E-state index is 11.9. The number of halogens is 1. The predicted molar refractivity (Wildman–Crippen MR) is 121 cm³/mol. The summed E-state index contributed by atoms with van der Waals surface area (Å²) < 4.78 is 5.94. The van der Waals surface area contributed by atoms with Crippen LogP contribution in [0.3, 0.4) is 0 Å². The molecule has 2 atom stereocenters. The topological polar surface area (TPSA) is 44.8 Å². The number of carbonyl (C=O) groups is 1. The number of nitrogens with zero attached hydrogens (tertiary/aromatic N) is 2. The molecule has 5 nitrogen and oxygen atoms in total. The van der Waals surface area contributed by atoms with Gasteiger partial charge in [0.2, 0.25) is 5.91 Å². The van der Waals surface area contributed by atoms with Crippen molar-refractivity contribution >= 4 is 28.9 Å². The Morgan fingerprint density at radius 3 is 2.73 bits per heavy atom. The van der Waals surface area contributed by atoms with Gasteiger partial charge in [0.15, 0.2) is 0 Å². The fourth-order valence-corrected chi connectivity index (χ4v) is 4.83. The van der Waals surface area contributed by atoms with Crippen molar-refractivity contribution in [1.82, 2.24) is 4.90 Å². The van der Waals surface area contributed by atoms with Gasteiger partial charge in [0.05, 0.1) is 6.61 Å². The molecule has 2 unspecified atom stereocenters. The first-order valence-electron chi connectivity index (χ1n) is 11.0. The maximum Gasteiger partial charge on any atom is 0.228 e. The lowest BCUT2D eigenvalue weighted by Gasteiger charge is -2.36.